The number of fused-ring (bicyclic) bond motifs is 2. The van der Waals surface area contributed by atoms with Gasteiger partial charge in [-0.3, -0.25) is 4.79 Å². The normalized spacial score (nSPS) is 45.5. The van der Waals surface area contributed by atoms with E-state index >= 15 is 0 Å². The van der Waals surface area contributed by atoms with E-state index in [9.17, 15) is 4.79 Å². The average Bonchev–Trinajstić information content (AvgIpc) is 2.70. The van der Waals surface area contributed by atoms with Crippen LogP contribution in [0.15, 0.2) is 0 Å². The van der Waals surface area contributed by atoms with E-state index in [0.717, 1.165) is 31.1 Å². The number of hydrogen-bond donors (Lipinski definition) is 1. The number of aliphatic hydroxyl groups excluding tert-OH is 1. The van der Waals surface area contributed by atoms with Crippen LogP contribution in [0.4, 0.5) is 0 Å². The van der Waals surface area contributed by atoms with Crippen molar-refractivity contribution in [2.24, 2.45) is 29.6 Å². The van der Waals surface area contributed by atoms with Gasteiger partial charge in [0.05, 0.1) is 5.92 Å². The maximum atomic E-state index is 12.0. The molecule has 0 unspecified atom stereocenters. The van der Waals surface area contributed by atoms with Gasteiger partial charge in [0.1, 0.15) is 6.10 Å². The number of hydrogen-bond acceptors (Lipinski definition) is 3. The van der Waals surface area contributed by atoms with Gasteiger partial charge in [-0.05, 0) is 50.4 Å². The quantitative estimate of drug-likeness (QED) is 0.799. The topological polar surface area (TPSA) is 46.5 Å². The number of carbonyl (C=O) groups is 1. The molecule has 6 atom stereocenters. The van der Waals surface area contributed by atoms with E-state index in [2.05, 4.69) is 6.92 Å². The Labute approximate surface area is 115 Å². The van der Waals surface area contributed by atoms with Crippen LogP contribution in [0.2, 0.25) is 0 Å². The standard InChI is InChI=1S/C16H26O3/c1-10-15-13(7-4-8-17)12-6-3-2-5-11(12)9-14(15)16(18)19-10/h10-15,17H,2-9H2,1H3/t10-,11+,12-,13+,14-,15+/m0/s1. The zero-order valence-electron chi connectivity index (χ0n) is 11.9. The summed E-state index contributed by atoms with van der Waals surface area (Å²) >= 11 is 0. The Hall–Kier alpha value is -0.570. The molecule has 0 aromatic heterocycles. The molecule has 1 heterocycles. The number of aliphatic hydroxyl groups is 1. The highest BCUT2D eigenvalue weighted by Gasteiger charge is 2.53. The summed E-state index contributed by atoms with van der Waals surface area (Å²) in [5.41, 5.74) is 0. The zero-order chi connectivity index (χ0) is 13.4. The molecule has 0 bridgehead atoms. The monoisotopic (exact) mass is 266 g/mol. The van der Waals surface area contributed by atoms with Crippen LogP contribution >= 0.6 is 0 Å². The molecule has 2 aliphatic carbocycles. The second-order valence-corrected chi connectivity index (χ2v) is 6.80. The van der Waals surface area contributed by atoms with Crippen LogP contribution in [0, 0.1) is 29.6 Å². The minimum atomic E-state index is 0.0514. The lowest BCUT2D eigenvalue weighted by atomic mass is 9.56. The molecule has 1 aliphatic heterocycles. The molecule has 3 nitrogen and oxygen atoms in total. The number of esters is 1. The fourth-order valence-electron chi connectivity index (χ4n) is 5.17. The fraction of sp³-hybridized carbons (Fsp3) is 0.938. The van der Waals surface area contributed by atoms with E-state index in [1.54, 1.807) is 0 Å². The number of carbonyl (C=O) groups excluding carboxylic acids is 1. The van der Waals surface area contributed by atoms with Gasteiger partial charge in [0.2, 0.25) is 0 Å². The van der Waals surface area contributed by atoms with Crippen molar-refractivity contribution in [3.63, 3.8) is 0 Å². The molecular formula is C16H26O3. The van der Waals surface area contributed by atoms with Crippen molar-refractivity contribution >= 4 is 5.97 Å². The maximum absolute atomic E-state index is 12.0. The minimum absolute atomic E-state index is 0.0514. The number of rotatable bonds is 3. The molecule has 2 saturated carbocycles. The first-order valence-corrected chi connectivity index (χ1v) is 8.03. The smallest absolute Gasteiger partial charge is 0.309 e. The van der Waals surface area contributed by atoms with Crippen LogP contribution in [-0.2, 0) is 9.53 Å². The predicted octanol–water partition coefficient (Wildman–Crippen LogP) is 2.76. The molecule has 0 spiro atoms. The molecule has 0 radical (unpaired) electrons. The van der Waals surface area contributed by atoms with Crippen LogP contribution in [-0.4, -0.2) is 23.8 Å². The largest absolute Gasteiger partial charge is 0.462 e. The van der Waals surface area contributed by atoms with E-state index in [-0.39, 0.29) is 24.6 Å². The summed E-state index contributed by atoms with van der Waals surface area (Å²) in [6.45, 7) is 2.34. The molecular weight excluding hydrogens is 240 g/mol. The van der Waals surface area contributed by atoms with E-state index in [1.807, 2.05) is 0 Å². The highest BCUT2D eigenvalue weighted by atomic mass is 16.6. The molecule has 3 heteroatoms. The lowest BCUT2D eigenvalue weighted by Gasteiger charge is -2.47. The Morgan fingerprint density at radius 3 is 2.89 bits per heavy atom. The average molecular weight is 266 g/mol. The van der Waals surface area contributed by atoms with Gasteiger partial charge in [0.15, 0.2) is 0 Å². The zero-order valence-corrected chi connectivity index (χ0v) is 11.9. The number of cyclic esters (lactones) is 1. The first-order chi connectivity index (χ1) is 9.22. The second kappa shape index (κ2) is 5.43. The van der Waals surface area contributed by atoms with E-state index in [1.165, 1.54) is 25.7 Å². The van der Waals surface area contributed by atoms with Crippen molar-refractivity contribution in [2.45, 2.75) is 58.0 Å². The lowest BCUT2D eigenvalue weighted by molar-refractivity contribution is -0.144. The third kappa shape index (κ3) is 2.31. The molecule has 1 N–H and O–H groups in total. The molecule has 0 aromatic rings. The molecule has 0 amide bonds. The Morgan fingerprint density at radius 2 is 2.11 bits per heavy atom. The molecule has 108 valence electrons. The van der Waals surface area contributed by atoms with Crippen LogP contribution in [0.5, 0.6) is 0 Å². The van der Waals surface area contributed by atoms with Crippen molar-refractivity contribution < 1.29 is 14.6 Å². The van der Waals surface area contributed by atoms with Crippen LogP contribution in [0.1, 0.15) is 51.9 Å². The Kier molecular flexibility index (Phi) is 3.84. The molecule has 3 aliphatic rings. The molecule has 3 fully saturated rings. The van der Waals surface area contributed by atoms with Gasteiger partial charge in [0.25, 0.3) is 0 Å². The van der Waals surface area contributed by atoms with Crippen molar-refractivity contribution in [2.75, 3.05) is 6.61 Å². The summed E-state index contributed by atoms with van der Waals surface area (Å²) < 4.78 is 5.52. The van der Waals surface area contributed by atoms with Gasteiger partial charge in [-0.25, -0.2) is 0 Å². The third-order valence-corrected chi connectivity index (χ3v) is 5.88. The third-order valence-electron chi connectivity index (χ3n) is 5.88. The van der Waals surface area contributed by atoms with Crippen molar-refractivity contribution in [3.8, 4) is 0 Å². The van der Waals surface area contributed by atoms with Gasteiger partial charge < -0.3 is 9.84 Å². The lowest BCUT2D eigenvalue weighted by Crippen LogP contribution is -2.43. The fourth-order valence-corrected chi connectivity index (χ4v) is 5.17. The Bertz CT molecular complexity index is 341. The van der Waals surface area contributed by atoms with Crippen LogP contribution in [0.25, 0.3) is 0 Å². The highest BCUT2D eigenvalue weighted by molar-refractivity contribution is 5.75. The highest BCUT2D eigenvalue weighted by Crippen LogP contribution is 2.54. The summed E-state index contributed by atoms with van der Waals surface area (Å²) in [7, 11) is 0. The first-order valence-electron chi connectivity index (χ1n) is 8.03. The van der Waals surface area contributed by atoms with Gasteiger partial charge in [-0.1, -0.05) is 19.3 Å². The van der Waals surface area contributed by atoms with Gasteiger partial charge in [0, 0.05) is 12.5 Å². The van der Waals surface area contributed by atoms with Crippen molar-refractivity contribution in [1.82, 2.24) is 0 Å². The number of ether oxygens (including phenoxy) is 1. The summed E-state index contributed by atoms with van der Waals surface area (Å²) in [6, 6.07) is 0. The summed E-state index contributed by atoms with van der Waals surface area (Å²) in [5.74, 6) is 2.72. The summed E-state index contributed by atoms with van der Waals surface area (Å²) in [4.78, 5) is 12.0. The van der Waals surface area contributed by atoms with E-state index in [0.29, 0.717) is 11.8 Å². The van der Waals surface area contributed by atoms with Crippen LogP contribution < -0.4 is 0 Å². The maximum Gasteiger partial charge on any atom is 0.309 e. The predicted molar refractivity (Wildman–Crippen MR) is 72.4 cm³/mol. The van der Waals surface area contributed by atoms with Gasteiger partial charge >= 0.3 is 5.97 Å². The summed E-state index contributed by atoms with van der Waals surface area (Å²) in [5, 5.41) is 9.15. The van der Waals surface area contributed by atoms with Gasteiger partial charge in [-0.15, -0.1) is 0 Å². The van der Waals surface area contributed by atoms with Crippen LogP contribution in [0.3, 0.4) is 0 Å². The molecule has 1 saturated heterocycles. The molecule has 0 aromatic carbocycles. The Balaban J connectivity index is 1.83. The second-order valence-electron chi connectivity index (χ2n) is 6.80. The van der Waals surface area contributed by atoms with Crippen molar-refractivity contribution in [3.05, 3.63) is 0 Å². The van der Waals surface area contributed by atoms with E-state index < -0.39 is 0 Å². The van der Waals surface area contributed by atoms with E-state index in [4.69, 9.17) is 9.84 Å². The molecule has 19 heavy (non-hydrogen) atoms. The van der Waals surface area contributed by atoms with Crippen molar-refractivity contribution in [1.29, 1.82) is 0 Å². The molecule has 3 rings (SSSR count). The minimum Gasteiger partial charge on any atom is -0.462 e. The SMILES string of the molecule is C[C@@H]1OC(=O)[C@H]2C[C@H]3CCCC[C@@H]3[C@@H](CCCO)[C@@H]12. The first kappa shape index (κ1) is 13.4. The Morgan fingerprint density at radius 1 is 1.32 bits per heavy atom. The summed E-state index contributed by atoms with van der Waals surface area (Å²) in [6.07, 6.45) is 8.39. The van der Waals surface area contributed by atoms with Gasteiger partial charge in [-0.2, -0.15) is 0 Å².